The zero-order chi connectivity index (χ0) is 14.4. The van der Waals surface area contributed by atoms with Crippen LogP contribution in [0.2, 0.25) is 5.02 Å². The summed E-state index contributed by atoms with van der Waals surface area (Å²) in [6.07, 6.45) is 0. The molecule has 0 bridgehead atoms. The van der Waals surface area contributed by atoms with Crippen LogP contribution in [0, 0.1) is 6.92 Å². The Morgan fingerprint density at radius 1 is 1.42 bits per heavy atom. The van der Waals surface area contributed by atoms with E-state index in [1.807, 2.05) is 13.0 Å². The third-order valence-electron chi connectivity index (χ3n) is 2.13. The smallest absolute Gasteiger partial charge is 0.321 e. The number of amides is 3. The van der Waals surface area contributed by atoms with Crippen LogP contribution in [0.4, 0.5) is 4.79 Å². The third kappa shape index (κ3) is 5.08. The van der Waals surface area contributed by atoms with Gasteiger partial charge in [-0.1, -0.05) is 27.5 Å². The van der Waals surface area contributed by atoms with Crippen molar-refractivity contribution in [1.29, 1.82) is 0 Å². The Kier molecular flexibility index (Phi) is 6.11. The predicted molar refractivity (Wildman–Crippen MR) is 76.6 cm³/mol. The summed E-state index contributed by atoms with van der Waals surface area (Å²) in [4.78, 5) is 22.6. The van der Waals surface area contributed by atoms with Gasteiger partial charge < -0.3 is 10.1 Å². The maximum atomic E-state index is 11.4. The minimum atomic E-state index is -0.547. The average molecular weight is 350 g/mol. The highest BCUT2D eigenvalue weighted by molar-refractivity contribution is 9.10. The Morgan fingerprint density at radius 3 is 2.68 bits per heavy atom. The number of hydrogen-bond donors (Lipinski definition) is 2. The van der Waals surface area contributed by atoms with Crippen LogP contribution in [0.3, 0.4) is 0 Å². The van der Waals surface area contributed by atoms with Crippen molar-refractivity contribution in [2.24, 2.45) is 0 Å². The van der Waals surface area contributed by atoms with Gasteiger partial charge in [0.15, 0.2) is 6.61 Å². The molecule has 104 valence electrons. The molecule has 7 heteroatoms. The number of hydrogen-bond acceptors (Lipinski definition) is 3. The number of nitrogens with one attached hydrogen (secondary N) is 2. The van der Waals surface area contributed by atoms with E-state index in [2.05, 4.69) is 26.6 Å². The summed E-state index contributed by atoms with van der Waals surface area (Å²) in [7, 11) is 0. The normalized spacial score (nSPS) is 9.89. The van der Waals surface area contributed by atoms with E-state index in [4.69, 9.17) is 16.3 Å². The van der Waals surface area contributed by atoms with Crippen LogP contribution in [0.15, 0.2) is 16.6 Å². The van der Waals surface area contributed by atoms with Gasteiger partial charge in [0, 0.05) is 11.0 Å². The molecule has 19 heavy (non-hydrogen) atoms. The fourth-order valence-corrected chi connectivity index (χ4v) is 2.40. The highest BCUT2D eigenvalue weighted by Gasteiger charge is 2.11. The van der Waals surface area contributed by atoms with E-state index < -0.39 is 11.9 Å². The number of imide groups is 1. The quantitative estimate of drug-likeness (QED) is 0.878. The van der Waals surface area contributed by atoms with E-state index in [9.17, 15) is 9.59 Å². The fourth-order valence-electron chi connectivity index (χ4n) is 1.38. The molecule has 0 saturated heterocycles. The molecule has 0 spiro atoms. The van der Waals surface area contributed by atoms with Gasteiger partial charge in [-0.05, 0) is 31.5 Å². The van der Waals surface area contributed by atoms with Crippen molar-refractivity contribution in [2.75, 3.05) is 13.2 Å². The number of halogens is 2. The van der Waals surface area contributed by atoms with Crippen LogP contribution in [-0.2, 0) is 4.79 Å². The van der Waals surface area contributed by atoms with Gasteiger partial charge in [-0.3, -0.25) is 10.1 Å². The maximum Gasteiger partial charge on any atom is 0.321 e. The zero-order valence-electron chi connectivity index (χ0n) is 10.5. The number of rotatable bonds is 4. The minimum Gasteiger partial charge on any atom is -0.482 e. The first-order valence-corrected chi connectivity index (χ1v) is 6.77. The number of carbonyl (C=O) groups is 2. The van der Waals surface area contributed by atoms with E-state index in [-0.39, 0.29) is 6.61 Å². The summed E-state index contributed by atoms with van der Waals surface area (Å²) in [6.45, 7) is 3.73. The van der Waals surface area contributed by atoms with Crippen molar-refractivity contribution in [3.63, 3.8) is 0 Å². The predicted octanol–water partition coefficient (Wildman–Crippen LogP) is 2.64. The summed E-state index contributed by atoms with van der Waals surface area (Å²) in [5.41, 5.74) is 0.796. The molecule has 3 amide bonds. The van der Waals surface area contributed by atoms with Crippen molar-refractivity contribution < 1.29 is 14.3 Å². The number of aryl methyl sites for hydroxylation is 1. The van der Waals surface area contributed by atoms with Gasteiger partial charge in [-0.25, -0.2) is 4.79 Å². The van der Waals surface area contributed by atoms with Gasteiger partial charge in [-0.15, -0.1) is 0 Å². The molecule has 0 aromatic heterocycles. The molecule has 0 heterocycles. The first-order valence-electron chi connectivity index (χ1n) is 5.60. The molecular formula is C12H14BrClN2O3. The number of urea groups is 1. The monoisotopic (exact) mass is 348 g/mol. The topological polar surface area (TPSA) is 67.4 Å². The van der Waals surface area contributed by atoms with Crippen molar-refractivity contribution in [1.82, 2.24) is 10.6 Å². The van der Waals surface area contributed by atoms with Gasteiger partial charge in [0.25, 0.3) is 5.91 Å². The Labute approximate surface area is 124 Å². The minimum absolute atomic E-state index is 0.278. The van der Waals surface area contributed by atoms with Crippen LogP contribution in [0.25, 0.3) is 0 Å². The van der Waals surface area contributed by atoms with Crippen LogP contribution in [0.1, 0.15) is 12.5 Å². The standard InChI is InChI=1S/C12H14BrClN2O3/c1-3-15-12(18)16-10(17)6-19-11-7(2)4-8(13)5-9(11)14/h4-5H,3,6H2,1-2H3,(H2,15,16,17,18). The highest BCUT2D eigenvalue weighted by atomic mass is 79.9. The Balaban J connectivity index is 2.58. The van der Waals surface area contributed by atoms with Crippen molar-refractivity contribution in [2.45, 2.75) is 13.8 Å². The number of ether oxygens (including phenoxy) is 1. The Bertz CT molecular complexity index is 471. The second kappa shape index (κ2) is 7.35. The van der Waals surface area contributed by atoms with Gasteiger partial charge >= 0.3 is 6.03 Å². The molecule has 2 N–H and O–H groups in total. The molecular weight excluding hydrogens is 336 g/mol. The average Bonchev–Trinajstić information content (AvgIpc) is 2.27. The zero-order valence-corrected chi connectivity index (χ0v) is 12.9. The molecule has 5 nitrogen and oxygen atoms in total. The lowest BCUT2D eigenvalue weighted by molar-refractivity contribution is -0.122. The maximum absolute atomic E-state index is 11.4. The Morgan fingerprint density at radius 2 is 2.11 bits per heavy atom. The van der Waals surface area contributed by atoms with Gasteiger partial charge in [0.05, 0.1) is 5.02 Å². The number of carbonyl (C=O) groups excluding carboxylic acids is 2. The number of benzene rings is 1. The van der Waals surface area contributed by atoms with E-state index in [0.717, 1.165) is 10.0 Å². The molecule has 1 rings (SSSR count). The van der Waals surface area contributed by atoms with Gasteiger partial charge in [-0.2, -0.15) is 0 Å². The summed E-state index contributed by atoms with van der Waals surface area (Å²) >= 11 is 9.31. The van der Waals surface area contributed by atoms with Crippen molar-refractivity contribution in [3.8, 4) is 5.75 Å². The molecule has 0 radical (unpaired) electrons. The van der Waals surface area contributed by atoms with E-state index >= 15 is 0 Å². The SMILES string of the molecule is CCNC(=O)NC(=O)COc1c(C)cc(Br)cc1Cl. The molecule has 0 atom stereocenters. The summed E-state index contributed by atoms with van der Waals surface area (Å²) in [5, 5.41) is 4.98. The van der Waals surface area contributed by atoms with Gasteiger partial charge in [0.1, 0.15) is 5.75 Å². The Hall–Kier alpha value is -1.27. The summed E-state index contributed by atoms with van der Waals surface area (Å²) in [5.74, 6) is -0.111. The second-order valence-electron chi connectivity index (χ2n) is 3.73. The van der Waals surface area contributed by atoms with Crippen molar-refractivity contribution >= 4 is 39.5 Å². The lowest BCUT2D eigenvalue weighted by Gasteiger charge is -2.11. The summed E-state index contributed by atoms with van der Waals surface area (Å²) < 4.78 is 6.15. The molecule has 1 aromatic carbocycles. The van der Waals surface area contributed by atoms with Crippen LogP contribution >= 0.6 is 27.5 Å². The lowest BCUT2D eigenvalue weighted by Crippen LogP contribution is -2.41. The summed E-state index contributed by atoms with van der Waals surface area (Å²) in [6, 6.07) is 2.95. The molecule has 0 aliphatic carbocycles. The first kappa shape index (κ1) is 15.8. The van der Waals surface area contributed by atoms with Crippen LogP contribution in [0.5, 0.6) is 5.75 Å². The second-order valence-corrected chi connectivity index (χ2v) is 5.05. The molecule has 0 saturated carbocycles. The largest absolute Gasteiger partial charge is 0.482 e. The molecule has 0 aliphatic heterocycles. The van der Waals surface area contributed by atoms with Crippen LogP contribution < -0.4 is 15.4 Å². The van der Waals surface area contributed by atoms with E-state index in [1.54, 1.807) is 13.0 Å². The first-order chi connectivity index (χ1) is 8.93. The molecule has 0 aliphatic rings. The molecule has 0 fully saturated rings. The van der Waals surface area contributed by atoms with Gasteiger partial charge in [0.2, 0.25) is 0 Å². The van der Waals surface area contributed by atoms with E-state index in [1.165, 1.54) is 0 Å². The molecule has 1 aromatic rings. The third-order valence-corrected chi connectivity index (χ3v) is 2.87. The molecule has 0 unspecified atom stereocenters. The lowest BCUT2D eigenvalue weighted by atomic mass is 10.2. The van der Waals surface area contributed by atoms with E-state index in [0.29, 0.717) is 17.3 Å². The fraction of sp³-hybridized carbons (Fsp3) is 0.333. The highest BCUT2D eigenvalue weighted by Crippen LogP contribution is 2.31. The van der Waals surface area contributed by atoms with Crippen molar-refractivity contribution in [3.05, 3.63) is 27.2 Å². The van der Waals surface area contributed by atoms with Crippen LogP contribution in [-0.4, -0.2) is 25.1 Å².